The van der Waals surface area contributed by atoms with Crippen molar-refractivity contribution in [2.45, 2.75) is 29.9 Å². The fraction of sp³-hybridized carbons (Fsp3) is 0.429. The number of amides is 2. The largest absolute Gasteiger partial charge is 0.339 e. The SMILES string of the molecule is O=C(c1ccccc1SCc1cccs1)N1CCN(C(=O)C2CCC2)CC1. The van der Waals surface area contributed by atoms with E-state index in [1.54, 1.807) is 23.1 Å². The highest BCUT2D eigenvalue weighted by Gasteiger charge is 2.32. The summed E-state index contributed by atoms with van der Waals surface area (Å²) in [7, 11) is 0. The van der Waals surface area contributed by atoms with Crippen LogP contribution in [0.5, 0.6) is 0 Å². The number of carbonyl (C=O) groups is 2. The number of piperazine rings is 1. The highest BCUT2D eigenvalue weighted by Crippen LogP contribution is 2.30. The fourth-order valence-corrected chi connectivity index (χ4v) is 5.34. The van der Waals surface area contributed by atoms with Crippen molar-refractivity contribution in [2.75, 3.05) is 26.2 Å². The third-order valence-electron chi connectivity index (χ3n) is 5.40. The molecule has 0 unspecified atom stereocenters. The predicted octanol–water partition coefficient (Wildman–Crippen LogP) is 4.12. The van der Waals surface area contributed by atoms with E-state index in [1.807, 2.05) is 34.1 Å². The molecule has 1 aliphatic heterocycles. The van der Waals surface area contributed by atoms with Crippen LogP contribution in [0.25, 0.3) is 0 Å². The molecule has 142 valence electrons. The van der Waals surface area contributed by atoms with E-state index in [9.17, 15) is 9.59 Å². The van der Waals surface area contributed by atoms with E-state index < -0.39 is 0 Å². The van der Waals surface area contributed by atoms with Crippen molar-refractivity contribution in [3.63, 3.8) is 0 Å². The van der Waals surface area contributed by atoms with Crippen LogP contribution in [0.15, 0.2) is 46.7 Å². The normalized spacial score (nSPS) is 17.6. The first kappa shape index (κ1) is 18.6. The third kappa shape index (κ3) is 4.22. The van der Waals surface area contributed by atoms with Crippen LogP contribution >= 0.6 is 23.1 Å². The van der Waals surface area contributed by atoms with Crippen LogP contribution in [-0.4, -0.2) is 47.8 Å². The number of thioether (sulfide) groups is 1. The number of nitrogens with zero attached hydrogens (tertiary/aromatic N) is 2. The summed E-state index contributed by atoms with van der Waals surface area (Å²) in [6, 6.07) is 12.1. The molecule has 4 nitrogen and oxygen atoms in total. The lowest BCUT2D eigenvalue weighted by Crippen LogP contribution is -2.52. The zero-order valence-electron chi connectivity index (χ0n) is 15.3. The summed E-state index contributed by atoms with van der Waals surface area (Å²) in [5, 5.41) is 2.08. The van der Waals surface area contributed by atoms with Crippen LogP contribution in [0, 0.1) is 5.92 Å². The molecule has 2 aliphatic rings. The van der Waals surface area contributed by atoms with E-state index in [0.29, 0.717) is 32.1 Å². The average Bonchev–Trinajstić information content (AvgIpc) is 3.18. The molecular formula is C21H24N2O2S2. The second kappa shape index (κ2) is 8.48. The number of benzene rings is 1. The Kier molecular flexibility index (Phi) is 5.83. The van der Waals surface area contributed by atoms with Crippen molar-refractivity contribution < 1.29 is 9.59 Å². The molecule has 0 radical (unpaired) electrons. The molecule has 1 aromatic carbocycles. The molecule has 0 bridgehead atoms. The zero-order chi connectivity index (χ0) is 18.6. The van der Waals surface area contributed by atoms with Crippen molar-refractivity contribution in [3.05, 3.63) is 52.2 Å². The molecule has 2 fully saturated rings. The predicted molar refractivity (Wildman–Crippen MR) is 110 cm³/mol. The van der Waals surface area contributed by atoms with Crippen LogP contribution in [0.1, 0.15) is 34.5 Å². The minimum Gasteiger partial charge on any atom is -0.339 e. The van der Waals surface area contributed by atoms with E-state index in [0.717, 1.165) is 29.1 Å². The number of carbonyl (C=O) groups excluding carboxylic acids is 2. The lowest BCUT2D eigenvalue weighted by molar-refractivity contribution is -0.139. The maximum absolute atomic E-state index is 13.1. The van der Waals surface area contributed by atoms with Gasteiger partial charge in [-0.05, 0) is 36.4 Å². The standard InChI is InChI=1S/C21H24N2O2S2/c24-20(16-5-3-6-16)22-10-12-23(13-11-22)21(25)18-8-1-2-9-19(18)27-15-17-7-4-14-26-17/h1-2,4,7-9,14,16H,3,5-6,10-13,15H2. The van der Waals surface area contributed by atoms with Crippen molar-refractivity contribution in [2.24, 2.45) is 5.92 Å². The molecule has 2 aromatic rings. The van der Waals surface area contributed by atoms with E-state index in [4.69, 9.17) is 0 Å². The Morgan fingerprint density at radius 2 is 1.74 bits per heavy atom. The van der Waals surface area contributed by atoms with Crippen LogP contribution in [0.4, 0.5) is 0 Å². The van der Waals surface area contributed by atoms with Crippen LogP contribution in [-0.2, 0) is 10.5 Å². The Balaban J connectivity index is 1.37. The van der Waals surface area contributed by atoms with Crippen LogP contribution in [0.2, 0.25) is 0 Å². The molecule has 27 heavy (non-hydrogen) atoms. The minimum absolute atomic E-state index is 0.0834. The lowest BCUT2D eigenvalue weighted by Gasteiger charge is -2.38. The molecule has 1 saturated carbocycles. The molecule has 2 heterocycles. The first-order chi connectivity index (χ1) is 13.2. The summed E-state index contributed by atoms with van der Waals surface area (Å²) < 4.78 is 0. The Labute approximate surface area is 168 Å². The highest BCUT2D eigenvalue weighted by atomic mass is 32.2. The van der Waals surface area contributed by atoms with E-state index in [2.05, 4.69) is 17.5 Å². The summed E-state index contributed by atoms with van der Waals surface area (Å²) in [5.41, 5.74) is 0.776. The number of hydrogen-bond donors (Lipinski definition) is 0. The van der Waals surface area contributed by atoms with Gasteiger partial charge in [0.2, 0.25) is 5.91 Å². The van der Waals surface area contributed by atoms with Gasteiger partial charge in [-0.1, -0.05) is 24.6 Å². The van der Waals surface area contributed by atoms with Crippen LogP contribution < -0.4 is 0 Å². The molecule has 1 aliphatic carbocycles. The molecule has 2 amide bonds. The smallest absolute Gasteiger partial charge is 0.255 e. The van der Waals surface area contributed by atoms with Crippen molar-refractivity contribution in [1.29, 1.82) is 0 Å². The molecule has 1 aromatic heterocycles. The van der Waals surface area contributed by atoms with Gasteiger partial charge in [0.25, 0.3) is 5.91 Å². The third-order valence-corrected chi connectivity index (χ3v) is 7.58. The quantitative estimate of drug-likeness (QED) is 0.709. The van der Waals surface area contributed by atoms with Gasteiger partial charge in [0.15, 0.2) is 0 Å². The van der Waals surface area contributed by atoms with E-state index >= 15 is 0 Å². The van der Waals surface area contributed by atoms with Crippen molar-refractivity contribution >= 4 is 34.9 Å². The molecule has 0 atom stereocenters. The number of thiophene rings is 1. The molecule has 1 saturated heterocycles. The fourth-order valence-electron chi connectivity index (χ4n) is 3.53. The second-order valence-electron chi connectivity index (χ2n) is 7.11. The Morgan fingerprint density at radius 3 is 2.41 bits per heavy atom. The summed E-state index contributed by atoms with van der Waals surface area (Å²) in [4.78, 5) is 31.7. The van der Waals surface area contributed by atoms with Crippen molar-refractivity contribution in [3.8, 4) is 0 Å². The molecular weight excluding hydrogens is 376 g/mol. The zero-order valence-corrected chi connectivity index (χ0v) is 16.9. The Bertz CT molecular complexity index is 794. The van der Waals surface area contributed by atoms with Gasteiger partial charge in [-0.15, -0.1) is 23.1 Å². The summed E-state index contributed by atoms with van der Waals surface area (Å²) in [5.74, 6) is 1.49. The van der Waals surface area contributed by atoms with Gasteiger partial charge in [-0.2, -0.15) is 0 Å². The van der Waals surface area contributed by atoms with Gasteiger partial charge in [0.1, 0.15) is 0 Å². The van der Waals surface area contributed by atoms with E-state index in [1.165, 1.54) is 11.3 Å². The second-order valence-corrected chi connectivity index (χ2v) is 9.16. The maximum atomic E-state index is 13.1. The molecule has 4 rings (SSSR count). The lowest BCUT2D eigenvalue weighted by atomic mass is 9.84. The average molecular weight is 401 g/mol. The highest BCUT2D eigenvalue weighted by molar-refractivity contribution is 7.98. The minimum atomic E-state index is 0.0834. The topological polar surface area (TPSA) is 40.6 Å². The van der Waals surface area contributed by atoms with Gasteiger partial charge >= 0.3 is 0 Å². The van der Waals surface area contributed by atoms with Gasteiger partial charge in [-0.3, -0.25) is 9.59 Å². The monoisotopic (exact) mass is 400 g/mol. The Hall–Kier alpha value is -1.79. The number of rotatable bonds is 5. The first-order valence-electron chi connectivity index (χ1n) is 9.54. The summed E-state index contributed by atoms with van der Waals surface area (Å²) in [6.07, 6.45) is 3.24. The van der Waals surface area contributed by atoms with Gasteiger partial charge in [-0.25, -0.2) is 0 Å². The molecule has 0 N–H and O–H groups in total. The van der Waals surface area contributed by atoms with Gasteiger partial charge < -0.3 is 9.80 Å². The summed E-state index contributed by atoms with van der Waals surface area (Å²) >= 11 is 3.46. The molecule has 0 spiro atoms. The van der Waals surface area contributed by atoms with Gasteiger partial charge in [0, 0.05) is 47.6 Å². The number of hydrogen-bond acceptors (Lipinski definition) is 4. The van der Waals surface area contributed by atoms with Crippen molar-refractivity contribution in [1.82, 2.24) is 9.80 Å². The van der Waals surface area contributed by atoms with E-state index in [-0.39, 0.29) is 11.8 Å². The first-order valence-corrected chi connectivity index (χ1v) is 11.4. The summed E-state index contributed by atoms with van der Waals surface area (Å²) in [6.45, 7) is 2.57. The molecule has 6 heteroatoms. The van der Waals surface area contributed by atoms with Gasteiger partial charge in [0.05, 0.1) is 5.56 Å². The Morgan fingerprint density at radius 1 is 1.00 bits per heavy atom. The van der Waals surface area contributed by atoms with Crippen LogP contribution in [0.3, 0.4) is 0 Å². The maximum Gasteiger partial charge on any atom is 0.255 e.